The van der Waals surface area contributed by atoms with Gasteiger partial charge in [0, 0.05) is 24.5 Å². The van der Waals surface area contributed by atoms with Crippen LogP contribution >= 0.6 is 0 Å². The minimum Gasteiger partial charge on any atom is -0.378 e. The number of hydrogen-bond donors (Lipinski definition) is 2. The normalized spacial score (nSPS) is 21.6. The second kappa shape index (κ2) is 6.10. The number of ether oxygens (including phenoxy) is 1. The maximum Gasteiger partial charge on any atom is 0.0576 e. The van der Waals surface area contributed by atoms with Crippen LogP contribution in [-0.4, -0.2) is 17.7 Å². The first kappa shape index (κ1) is 12.5. The van der Waals surface area contributed by atoms with Gasteiger partial charge >= 0.3 is 0 Å². The quantitative estimate of drug-likeness (QED) is 0.604. The Morgan fingerprint density at radius 1 is 1.65 bits per heavy atom. The van der Waals surface area contributed by atoms with Crippen LogP contribution < -0.4 is 11.3 Å². The summed E-state index contributed by atoms with van der Waals surface area (Å²) in [7, 11) is 0. The van der Waals surface area contributed by atoms with Crippen molar-refractivity contribution in [3.05, 3.63) is 29.6 Å². The molecule has 0 amide bonds. The molecule has 0 spiro atoms. The number of rotatable bonds is 5. The van der Waals surface area contributed by atoms with E-state index in [1.54, 1.807) is 0 Å². The highest BCUT2D eigenvalue weighted by Gasteiger charge is 2.19. The molecular weight excluding hydrogens is 214 g/mol. The zero-order valence-corrected chi connectivity index (χ0v) is 10.4. The molecule has 2 heterocycles. The lowest BCUT2D eigenvalue weighted by molar-refractivity contribution is 0.0995. The summed E-state index contributed by atoms with van der Waals surface area (Å²) >= 11 is 0. The summed E-state index contributed by atoms with van der Waals surface area (Å²) in [6.45, 7) is 2.93. The fraction of sp³-hybridized carbons (Fsp3) is 0.615. The van der Waals surface area contributed by atoms with Crippen molar-refractivity contribution >= 4 is 0 Å². The van der Waals surface area contributed by atoms with Crippen molar-refractivity contribution in [3.8, 4) is 0 Å². The summed E-state index contributed by atoms with van der Waals surface area (Å²) < 4.78 is 5.63. The van der Waals surface area contributed by atoms with Crippen molar-refractivity contribution in [1.29, 1.82) is 0 Å². The number of nitrogens with zero attached hydrogens (tertiary/aromatic N) is 1. The Bertz CT molecular complexity index is 350. The van der Waals surface area contributed by atoms with Gasteiger partial charge in [-0.3, -0.25) is 16.3 Å². The predicted octanol–water partition coefficient (Wildman–Crippen LogP) is 1.85. The summed E-state index contributed by atoms with van der Waals surface area (Å²) in [5.74, 6) is 5.64. The summed E-state index contributed by atoms with van der Waals surface area (Å²) in [6, 6.07) is 4.22. The minimum absolute atomic E-state index is 0.174. The Labute approximate surface area is 103 Å². The summed E-state index contributed by atoms with van der Waals surface area (Å²) in [4.78, 5) is 4.30. The van der Waals surface area contributed by atoms with Gasteiger partial charge in [-0.2, -0.15) is 0 Å². The van der Waals surface area contributed by atoms with Crippen LogP contribution in [0.4, 0.5) is 0 Å². The van der Waals surface area contributed by atoms with Crippen molar-refractivity contribution in [3.63, 3.8) is 0 Å². The Kier molecular flexibility index (Phi) is 4.48. The van der Waals surface area contributed by atoms with Gasteiger partial charge in [-0.25, -0.2) is 0 Å². The highest BCUT2D eigenvalue weighted by atomic mass is 16.5. The minimum atomic E-state index is 0.174. The molecule has 0 radical (unpaired) electrons. The number of nitrogens with two attached hydrogens (primary N) is 1. The Hall–Kier alpha value is -0.970. The lowest BCUT2D eigenvalue weighted by Gasteiger charge is -2.19. The van der Waals surface area contributed by atoms with Gasteiger partial charge in [-0.05, 0) is 44.2 Å². The molecule has 1 aliphatic rings. The van der Waals surface area contributed by atoms with E-state index in [-0.39, 0.29) is 6.04 Å². The topological polar surface area (TPSA) is 60.2 Å². The molecule has 1 aliphatic heterocycles. The fourth-order valence-electron chi connectivity index (χ4n) is 2.42. The van der Waals surface area contributed by atoms with E-state index in [2.05, 4.69) is 16.5 Å². The van der Waals surface area contributed by atoms with Gasteiger partial charge < -0.3 is 4.74 Å². The molecule has 1 saturated heterocycles. The zero-order chi connectivity index (χ0) is 12.1. The Morgan fingerprint density at radius 2 is 2.53 bits per heavy atom. The van der Waals surface area contributed by atoms with E-state index in [4.69, 9.17) is 10.6 Å². The monoisotopic (exact) mass is 235 g/mol. The predicted molar refractivity (Wildman–Crippen MR) is 67.2 cm³/mol. The SMILES string of the molecule is Cc1ncccc1C(CCC1CCCO1)NN. The van der Waals surface area contributed by atoms with E-state index in [9.17, 15) is 0 Å². The number of hydrazine groups is 1. The van der Waals surface area contributed by atoms with Gasteiger partial charge in [-0.15, -0.1) is 0 Å². The smallest absolute Gasteiger partial charge is 0.0576 e. The third-order valence-electron chi connectivity index (χ3n) is 3.43. The second-order valence-corrected chi connectivity index (χ2v) is 4.61. The number of nitrogens with one attached hydrogen (secondary N) is 1. The average Bonchev–Trinajstić information content (AvgIpc) is 2.85. The second-order valence-electron chi connectivity index (χ2n) is 4.61. The van der Waals surface area contributed by atoms with Crippen molar-refractivity contribution < 1.29 is 4.74 Å². The number of aryl methyl sites for hydroxylation is 1. The molecule has 2 atom stereocenters. The van der Waals surface area contributed by atoms with E-state index >= 15 is 0 Å². The number of aromatic nitrogens is 1. The molecule has 0 aromatic carbocycles. The fourth-order valence-corrected chi connectivity index (χ4v) is 2.42. The number of pyridine rings is 1. The maximum absolute atomic E-state index is 5.64. The molecule has 0 bridgehead atoms. The molecular formula is C13H21N3O. The third-order valence-corrected chi connectivity index (χ3v) is 3.43. The highest BCUT2D eigenvalue weighted by molar-refractivity contribution is 5.22. The van der Waals surface area contributed by atoms with Gasteiger partial charge in [0.25, 0.3) is 0 Å². The standard InChI is InChI=1S/C13H21N3O/c1-10-12(5-2-8-15-10)13(16-14)7-6-11-4-3-9-17-11/h2,5,8,11,13,16H,3-4,6-7,9,14H2,1H3. The van der Waals surface area contributed by atoms with Gasteiger partial charge in [0.1, 0.15) is 0 Å². The van der Waals surface area contributed by atoms with Crippen LogP contribution in [0.25, 0.3) is 0 Å². The Balaban J connectivity index is 1.94. The van der Waals surface area contributed by atoms with Gasteiger partial charge in [0.05, 0.1) is 6.10 Å². The molecule has 1 fully saturated rings. The first-order valence-corrected chi connectivity index (χ1v) is 6.30. The van der Waals surface area contributed by atoms with Crippen LogP contribution in [0.15, 0.2) is 18.3 Å². The van der Waals surface area contributed by atoms with E-state index in [0.29, 0.717) is 6.10 Å². The molecule has 17 heavy (non-hydrogen) atoms. The van der Waals surface area contributed by atoms with Crippen LogP contribution in [0, 0.1) is 6.92 Å². The molecule has 1 aromatic heterocycles. The van der Waals surface area contributed by atoms with Crippen LogP contribution in [0.3, 0.4) is 0 Å². The van der Waals surface area contributed by atoms with Crippen molar-refractivity contribution in [2.45, 2.75) is 44.8 Å². The van der Waals surface area contributed by atoms with Crippen molar-refractivity contribution in [1.82, 2.24) is 10.4 Å². The molecule has 94 valence electrons. The lowest BCUT2D eigenvalue weighted by atomic mass is 9.99. The highest BCUT2D eigenvalue weighted by Crippen LogP contribution is 2.24. The zero-order valence-electron chi connectivity index (χ0n) is 10.4. The van der Waals surface area contributed by atoms with Gasteiger partial charge in [-0.1, -0.05) is 6.07 Å². The van der Waals surface area contributed by atoms with E-state index in [1.165, 1.54) is 18.4 Å². The first-order valence-electron chi connectivity index (χ1n) is 6.30. The summed E-state index contributed by atoms with van der Waals surface area (Å²) in [5, 5.41) is 0. The largest absolute Gasteiger partial charge is 0.378 e. The third kappa shape index (κ3) is 3.25. The number of hydrogen-bond acceptors (Lipinski definition) is 4. The molecule has 2 rings (SSSR count). The molecule has 2 unspecified atom stereocenters. The van der Waals surface area contributed by atoms with E-state index in [0.717, 1.165) is 25.1 Å². The van der Waals surface area contributed by atoms with Crippen LogP contribution in [0.5, 0.6) is 0 Å². The summed E-state index contributed by atoms with van der Waals surface area (Å²) in [5.41, 5.74) is 5.12. The van der Waals surface area contributed by atoms with Crippen LogP contribution in [-0.2, 0) is 4.74 Å². The van der Waals surface area contributed by atoms with Gasteiger partial charge in [0.15, 0.2) is 0 Å². The Morgan fingerprint density at radius 3 is 3.18 bits per heavy atom. The molecule has 1 aromatic rings. The molecule has 4 nitrogen and oxygen atoms in total. The van der Waals surface area contributed by atoms with Gasteiger partial charge in [0.2, 0.25) is 0 Å². The van der Waals surface area contributed by atoms with E-state index < -0.39 is 0 Å². The van der Waals surface area contributed by atoms with Crippen LogP contribution in [0.2, 0.25) is 0 Å². The first-order chi connectivity index (χ1) is 8.31. The van der Waals surface area contributed by atoms with E-state index in [1.807, 2.05) is 19.2 Å². The van der Waals surface area contributed by atoms with Crippen molar-refractivity contribution in [2.75, 3.05) is 6.61 Å². The average molecular weight is 235 g/mol. The molecule has 4 heteroatoms. The molecule has 0 aliphatic carbocycles. The molecule has 3 N–H and O–H groups in total. The molecule has 0 saturated carbocycles. The lowest BCUT2D eigenvalue weighted by Crippen LogP contribution is -2.29. The van der Waals surface area contributed by atoms with Crippen LogP contribution in [0.1, 0.15) is 43.0 Å². The van der Waals surface area contributed by atoms with Crippen molar-refractivity contribution in [2.24, 2.45) is 5.84 Å². The maximum atomic E-state index is 5.64. The summed E-state index contributed by atoms with van der Waals surface area (Å²) in [6.07, 6.45) is 6.66.